The summed E-state index contributed by atoms with van der Waals surface area (Å²) < 4.78 is 5.93. The molecule has 1 aromatic carbocycles. The third kappa shape index (κ3) is 1.99. The van der Waals surface area contributed by atoms with E-state index in [2.05, 4.69) is 15.9 Å². The van der Waals surface area contributed by atoms with Gasteiger partial charge < -0.3 is 9.52 Å². The zero-order chi connectivity index (χ0) is 11.7. The van der Waals surface area contributed by atoms with Gasteiger partial charge in [0, 0.05) is 10.6 Å². The van der Waals surface area contributed by atoms with Gasteiger partial charge in [0.2, 0.25) is 0 Å². The summed E-state index contributed by atoms with van der Waals surface area (Å²) in [5.41, 5.74) is 0.608. The molecule has 0 saturated carbocycles. The van der Waals surface area contributed by atoms with Crippen LogP contribution < -0.4 is 0 Å². The van der Waals surface area contributed by atoms with E-state index in [1.807, 2.05) is 0 Å². The first-order chi connectivity index (χ1) is 7.59. The molecule has 0 bridgehead atoms. The second-order valence-corrected chi connectivity index (χ2v) is 4.38. The Hall–Kier alpha value is -1.26. The molecule has 0 radical (unpaired) electrons. The van der Waals surface area contributed by atoms with Crippen molar-refractivity contribution in [3.63, 3.8) is 0 Å². The summed E-state index contributed by atoms with van der Waals surface area (Å²) in [5, 5.41) is 9.44. The molecule has 0 aliphatic heterocycles. The highest BCUT2D eigenvalue weighted by atomic mass is 79.9. The first-order valence-corrected chi connectivity index (χ1v) is 5.53. The van der Waals surface area contributed by atoms with Gasteiger partial charge in [-0.2, -0.15) is 0 Å². The van der Waals surface area contributed by atoms with Gasteiger partial charge in [-0.15, -0.1) is 0 Å². The Balaban J connectivity index is 2.65. The fourth-order valence-electron chi connectivity index (χ4n) is 1.38. The topological polar surface area (TPSA) is 50.4 Å². The van der Waals surface area contributed by atoms with Crippen LogP contribution in [0.3, 0.4) is 0 Å². The molecule has 5 heteroatoms. The number of carboxylic acid groups (broad SMARTS) is 1. The minimum Gasteiger partial charge on any atom is -0.478 e. The molecule has 0 aliphatic carbocycles. The molecule has 0 aliphatic rings. The zero-order valence-electron chi connectivity index (χ0n) is 7.91. The lowest BCUT2D eigenvalue weighted by molar-refractivity contribution is 0.0697. The highest BCUT2D eigenvalue weighted by Gasteiger charge is 2.16. The standard InChI is InChI=1S/C11H6BrClO3/c12-9-3-4-16-10(9)7-2-1-6(13)5-8(7)11(14)15/h1-5H,(H,14,15). The first-order valence-electron chi connectivity index (χ1n) is 4.36. The Bertz CT molecular complexity index is 548. The number of carboxylic acids is 1. The molecular formula is C11H6BrClO3. The third-order valence-corrected chi connectivity index (χ3v) is 2.93. The number of hydrogen-bond donors (Lipinski definition) is 1. The van der Waals surface area contributed by atoms with Crippen molar-refractivity contribution in [1.82, 2.24) is 0 Å². The van der Waals surface area contributed by atoms with E-state index in [1.54, 1.807) is 18.2 Å². The van der Waals surface area contributed by atoms with E-state index in [9.17, 15) is 4.79 Å². The van der Waals surface area contributed by atoms with Crippen LogP contribution >= 0.6 is 27.5 Å². The summed E-state index contributed by atoms with van der Waals surface area (Å²) in [5.74, 6) is -0.560. The summed E-state index contributed by atoms with van der Waals surface area (Å²) in [4.78, 5) is 11.1. The van der Waals surface area contributed by atoms with Gasteiger partial charge in [-0.05, 0) is 40.2 Å². The number of rotatable bonds is 2. The predicted octanol–water partition coefficient (Wildman–Crippen LogP) is 4.06. The quantitative estimate of drug-likeness (QED) is 0.910. The van der Waals surface area contributed by atoms with E-state index < -0.39 is 5.97 Å². The Morgan fingerprint density at radius 2 is 2.12 bits per heavy atom. The van der Waals surface area contributed by atoms with Crippen molar-refractivity contribution in [3.05, 3.63) is 45.6 Å². The molecule has 82 valence electrons. The largest absolute Gasteiger partial charge is 0.478 e. The number of aromatic carboxylic acids is 1. The van der Waals surface area contributed by atoms with E-state index in [0.29, 0.717) is 20.8 Å². The van der Waals surface area contributed by atoms with Gasteiger partial charge in [-0.1, -0.05) is 11.6 Å². The molecular weight excluding hydrogens is 295 g/mol. The number of furan rings is 1. The average molecular weight is 302 g/mol. The first kappa shape index (κ1) is 11.2. The minimum absolute atomic E-state index is 0.114. The number of carbonyl (C=O) groups is 1. The van der Waals surface area contributed by atoms with Crippen LogP contribution in [0.2, 0.25) is 5.02 Å². The van der Waals surface area contributed by atoms with E-state index >= 15 is 0 Å². The van der Waals surface area contributed by atoms with E-state index in [-0.39, 0.29) is 5.56 Å². The normalized spacial score (nSPS) is 10.4. The smallest absolute Gasteiger partial charge is 0.336 e. The van der Waals surface area contributed by atoms with Crippen molar-refractivity contribution in [1.29, 1.82) is 0 Å². The summed E-state index contributed by atoms with van der Waals surface area (Å²) in [6, 6.07) is 6.34. The molecule has 2 rings (SSSR count). The van der Waals surface area contributed by atoms with Gasteiger partial charge in [0.25, 0.3) is 0 Å². The third-order valence-electron chi connectivity index (χ3n) is 2.07. The predicted molar refractivity (Wildman–Crippen MR) is 63.8 cm³/mol. The van der Waals surface area contributed by atoms with Crippen molar-refractivity contribution >= 4 is 33.5 Å². The summed E-state index contributed by atoms with van der Waals surface area (Å²) in [6.07, 6.45) is 1.49. The van der Waals surface area contributed by atoms with Crippen molar-refractivity contribution in [2.45, 2.75) is 0 Å². The maximum absolute atomic E-state index is 11.1. The monoisotopic (exact) mass is 300 g/mol. The van der Waals surface area contributed by atoms with Gasteiger partial charge >= 0.3 is 5.97 Å². The van der Waals surface area contributed by atoms with Crippen LogP contribution in [0.4, 0.5) is 0 Å². The molecule has 0 fully saturated rings. The van der Waals surface area contributed by atoms with Crippen LogP contribution in [0.15, 0.2) is 39.4 Å². The Labute approximate surface area is 105 Å². The highest BCUT2D eigenvalue weighted by Crippen LogP contribution is 2.33. The number of halogens is 2. The van der Waals surface area contributed by atoms with Crippen molar-refractivity contribution in [2.75, 3.05) is 0 Å². The molecule has 3 nitrogen and oxygen atoms in total. The van der Waals surface area contributed by atoms with Crippen LogP contribution in [-0.2, 0) is 0 Å². The Morgan fingerprint density at radius 1 is 1.38 bits per heavy atom. The fourth-order valence-corrected chi connectivity index (χ4v) is 1.96. The Morgan fingerprint density at radius 3 is 2.69 bits per heavy atom. The van der Waals surface area contributed by atoms with Crippen LogP contribution in [0.25, 0.3) is 11.3 Å². The fraction of sp³-hybridized carbons (Fsp3) is 0. The van der Waals surface area contributed by atoms with E-state index in [4.69, 9.17) is 21.1 Å². The maximum Gasteiger partial charge on any atom is 0.336 e. The molecule has 2 aromatic rings. The van der Waals surface area contributed by atoms with Crippen LogP contribution in [0.5, 0.6) is 0 Å². The zero-order valence-corrected chi connectivity index (χ0v) is 10.2. The average Bonchev–Trinajstić information content (AvgIpc) is 2.64. The summed E-state index contributed by atoms with van der Waals surface area (Å²) in [7, 11) is 0. The minimum atomic E-state index is -1.04. The molecule has 1 heterocycles. The van der Waals surface area contributed by atoms with E-state index in [0.717, 1.165) is 0 Å². The lowest BCUT2D eigenvalue weighted by Gasteiger charge is -2.04. The SMILES string of the molecule is O=C(O)c1cc(Cl)ccc1-c1occc1Br. The summed E-state index contributed by atoms with van der Waals surface area (Å²) in [6.45, 7) is 0. The number of benzene rings is 1. The van der Waals surface area contributed by atoms with Crippen molar-refractivity contribution < 1.29 is 14.3 Å². The molecule has 0 atom stereocenters. The second kappa shape index (κ2) is 4.31. The van der Waals surface area contributed by atoms with Gasteiger partial charge in [0.1, 0.15) is 5.76 Å². The molecule has 0 amide bonds. The van der Waals surface area contributed by atoms with Crippen LogP contribution in [-0.4, -0.2) is 11.1 Å². The molecule has 16 heavy (non-hydrogen) atoms. The van der Waals surface area contributed by atoms with Gasteiger partial charge in [0.15, 0.2) is 0 Å². The Kier molecular flexibility index (Phi) is 3.03. The van der Waals surface area contributed by atoms with Crippen molar-refractivity contribution in [2.24, 2.45) is 0 Å². The lowest BCUT2D eigenvalue weighted by Crippen LogP contribution is -1.99. The molecule has 0 unspecified atom stereocenters. The molecule has 0 spiro atoms. The van der Waals surface area contributed by atoms with Gasteiger partial charge in [-0.25, -0.2) is 4.79 Å². The van der Waals surface area contributed by atoms with Crippen LogP contribution in [0.1, 0.15) is 10.4 Å². The lowest BCUT2D eigenvalue weighted by atomic mass is 10.1. The van der Waals surface area contributed by atoms with Gasteiger partial charge in [0.05, 0.1) is 16.3 Å². The summed E-state index contributed by atoms with van der Waals surface area (Å²) >= 11 is 9.04. The molecule has 1 aromatic heterocycles. The molecule has 1 N–H and O–H groups in total. The molecule has 0 saturated heterocycles. The maximum atomic E-state index is 11.1. The van der Waals surface area contributed by atoms with E-state index in [1.165, 1.54) is 12.3 Å². The highest BCUT2D eigenvalue weighted by molar-refractivity contribution is 9.10. The van der Waals surface area contributed by atoms with Crippen LogP contribution in [0, 0.1) is 0 Å². The van der Waals surface area contributed by atoms with Gasteiger partial charge in [-0.3, -0.25) is 0 Å². The number of hydrogen-bond acceptors (Lipinski definition) is 2. The van der Waals surface area contributed by atoms with Crippen molar-refractivity contribution in [3.8, 4) is 11.3 Å². The second-order valence-electron chi connectivity index (χ2n) is 3.09.